The first kappa shape index (κ1) is 24.5. The van der Waals surface area contributed by atoms with Crippen molar-refractivity contribution >= 4 is 11.8 Å². The van der Waals surface area contributed by atoms with E-state index < -0.39 is 6.04 Å². The van der Waals surface area contributed by atoms with Gasteiger partial charge < -0.3 is 20.3 Å². The number of rotatable bonds is 7. The van der Waals surface area contributed by atoms with Crippen LogP contribution in [-0.4, -0.2) is 48.6 Å². The van der Waals surface area contributed by atoms with Gasteiger partial charge in [0.15, 0.2) is 0 Å². The van der Waals surface area contributed by atoms with Gasteiger partial charge in [0.2, 0.25) is 5.91 Å². The first-order valence-corrected chi connectivity index (χ1v) is 13.7. The normalized spacial score (nSPS) is 31.4. The molecule has 190 valence electrons. The van der Waals surface area contributed by atoms with Gasteiger partial charge in [-0.1, -0.05) is 31.6 Å². The van der Waals surface area contributed by atoms with Crippen LogP contribution >= 0.6 is 0 Å². The fourth-order valence-electron chi connectivity index (χ4n) is 6.84. The molecule has 0 aromatic heterocycles. The summed E-state index contributed by atoms with van der Waals surface area (Å²) >= 11 is 0. The second-order valence-electron chi connectivity index (χ2n) is 11.3. The topological polar surface area (TPSA) is 70.7 Å². The third-order valence-corrected chi connectivity index (χ3v) is 8.81. The molecule has 0 spiro atoms. The molecule has 1 aromatic carbocycles. The van der Waals surface area contributed by atoms with E-state index in [1.165, 1.54) is 56.9 Å². The number of carbonyl (C=O) groups is 2. The van der Waals surface area contributed by atoms with Crippen LogP contribution in [0.3, 0.4) is 0 Å². The Morgan fingerprint density at radius 3 is 2.66 bits per heavy atom. The second-order valence-corrected chi connectivity index (χ2v) is 11.3. The molecular formula is C29H41N3O3. The van der Waals surface area contributed by atoms with Crippen molar-refractivity contribution in [3.8, 4) is 0 Å². The third kappa shape index (κ3) is 5.49. The van der Waals surface area contributed by atoms with Crippen LogP contribution < -0.4 is 10.6 Å². The highest BCUT2D eigenvalue weighted by atomic mass is 16.5. The predicted molar refractivity (Wildman–Crippen MR) is 137 cm³/mol. The van der Waals surface area contributed by atoms with Crippen molar-refractivity contribution in [1.82, 2.24) is 15.5 Å². The van der Waals surface area contributed by atoms with Crippen LogP contribution in [0.5, 0.6) is 0 Å². The van der Waals surface area contributed by atoms with E-state index in [0.29, 0.717) is 31.0 Å². The molecule has 2 heterocycles. The average molecular weight is 480 g/mol. The summed E-state index contributed by atoms with van der Waals surface area (Å²) in [5, 5.41) is 6.88. The number of nitrogens with one attached hydrogen (secondary N) is 2. The highest BCUT2D eigenvalue weighted by molar-refractivity contribution is 6.01. The van der Waals surface area contributed by atoms with Crippen LogP contribution in [0.4, 0.5) is 0 Å². The molecular weight excluding hydrogens is 438 g/mol. The number of methoxy groups -OCH3 is 1. The van der Waals surface area contributed by atoms with Gasteiger partial charge in [-0.3, -0.25) is 9.59 Å². The van der Waals surface area contributed by atoms with Crippen LogP contribution in [0.2, 0.25) is 0 Å². The van der Waals surface area contributed by atoms with Gasteiger partial charge in [-0.25, -0.2) is 0 Å². The molecule has 2 aliphatic heterocycles. The van der Waals surface area contributed by atoms with Crippen LogP contribution in [0.25, 0.3) is 0 Å². The zero-order valence-electron chi connectivity index (χ0n) is 21.2. The SMILES string of the molecule is C=C1CCC(N2Cc3cc(C[C@H]4CCCC[C@@H]4NC4CCC(COC)CC4)ccc3C2=O)C(=O)N1. The number of carbonyl (C=O) groups excluding carboxylic acids is 2. The zero-order chi connectivity index (χ0) is 24.4. The number of hydrogen-bond donors (Lipinski definition) is 2. The van der Waals surface area contributed by atoms with E-state index in [4.69, 9.17) is 4.74 Å². The number of nitrogens with zero attached hydrogens (tertiary/aromatic N) is 1. The monoisotopic (exact) mass is 479 g/mol. The molecule has 5 rings (SSSR count). The highest BCUT2D eigenvalue weighted by Gasteiger charge is 2.38. The minimum absolute atomic E-state index is 0.0134. The Labute approximate surface area is 209 Å². The second kappa shape index (κ2) is 10.8. The molecule has 1 aromatic rings. The Bertz CT molecular complexity index is 952. The third-order valence-electron chi connectivity index (χ3n) is 8.81. The molecule has 4 aliphatic rings. The number of benzene rings is 1. The van der Waals surface area contributed by atoms with Crippen molar-refractivity contribution in [3.63, 3.8) is 0 Å². The number of allylic oxidation sites excluding steroid dienone is 1. The van der Waals surface area contributed by atoms with E-state index in [1.807, 2.05) is 13.2 Å². The first-order chi connectivity index (χ1) is 17.0. The lowest BCUT2D eigenvalue weighted by Gasteiger charge is -2.38. The summed E-state index contributed by atoms with van der Waals surface area (Å²) in [4.78, 5) is 27.3. The summed E-state index contributed by atoms with van der Waals surface area (Å²) in [5.41, 5.74) is 3.90. The number of hydrogen-bond acceptors (Lipinski definition) is 4. The maximum absolute atomic E-state index is 13.1. The van der Waals surface area contributed by atoms with Gasteiger partial charge >= 0.3 is 0 Å². The van der Waals surface area contributed by atoms with Gasteiger partial charge in [-0.15, -0.1) is 0 Å². The quantitative estimate of drug-likeness (QED) is 0.611. The van der Waals surface area contributed by atoms with Crippen molar-refractivity contribution in [3.05, 3.63) is 47.2 Å². The van der Waals surface area contributed by atoms with Crippen LogP contribution in [-0.2, 0) is 22.5 Å². The molecule has 2 N–H and O–H groups in total. The Balaban J connectivity index is 1.21. The van der Waals surface area contributed by atoms with Gasteiger partial charge in [0.1, 0.15) is 6.04 Å². The fraction of sp³-hybridized carbons (Fsp3) is 0.655. The molecule has 3 fully saturated rings. The van der Waals surface area contributed by atoms with Gasteiger partial charge in [0.05, 0.1) is 0 Å². The van der Waals surface area contributed by atoms with Crippen molar-refractivity contribution in [2.45, 2.75) is 95.3 Å². The Kier molecular flexibility index (Phi) is 7.59. The smallest absolute Gasteiger partial charge is 0.255 e. The van der Waals surface area contributed by atoms with Crippen molar-refractivity contribution < 1.29 is 14.3 Å². The fourth-order valence-corrected chi connectivity index (χ4v) is 6.84. The molecule has 2 saturated carbocycles. The minimum atomic E-state index is -0.394. The van der Waals surface area contributed by atoms with Gasteiger partial charge in [-0.05, 0) is 86.8 Å². The molecule has 6 heteroatoms. The number of amides is 2. The van der Waals surface area contributed by atoms with E-state index in [9.17, 15) is 9.59 Å². The maximum Gasteiger partial charge on any atom is 0.255 e. The van der Waals surface area contributed by atoms with Gasteiger partial charge in [0.25, 0.3) is 5.91 Å². The maximum atomic E-state index is 13.1. The summed E-state index contributed by atoms with van der Waals surface area (Å²) in [5.74, 6) is 1.25. The molecule has 6 nitrogen and oxygen atoms in total. The molecule has 0 bridgehead atoms. The van der Waals surface area contributed by atoms with Crippen molar-refractivity contribution in [2.24, 2.45) is 11.8 Å². The summed E-state index contributed by atoms with van der Waals surface area (Å²) in [6, 6.07) is 7.19. The predicted octanol–water partition coefficient (Wildman–Crippen LogP) is 4.33. The van der Waals surface area contributed by atoms with E-state index in [0.717, 1.165) is 42.2 Å². The molecule has 2 aliphatic carbocycles. The van der Waals surface area contributed by atoms with Gasteiger partial charge in [-0.2, -0.15) is 0 Å². The van der Waals surface area contributed by atoms with Gasteiger partial charge in [0, 0.05) is 43.6 Å². The summed E-state index contributed by atoms with van der Waals surface area (Å²) in [6.45, 7) is 5.29. The Morgan fingerprint density at radius 2 is 1.89 bits per heavy atom. The van der Waals surface area contributed by atoms with E-state index in [2.05, 4.69) is 29.3 Å². The van der Waals surface area contributed by atoms with Crippen LogP contribution in [0.15, 0.2) is 30.5 Å². The number of fused-ring (bicyclic) bond motifs is 1. The van der Waals surface area contributed by atoms with E-state index >= 15 is 0 Å². The van der Waals surface area contributed by atoms with Crippen LogP contribution in [0, 0.1) is 11.8 Å². The molecule has 1 unspecified atom stereocenters. The highest BCUT2D eigenvalue weighted by Crippen LogP contribution is 2.33. The van der Waals surface area contributed by atoms with E-state index in [-0.39, 0.29) is 11.8 Å². The molecule has 2 amide bonds. The summed E-state index contributed by atoms with van der Waals surface area (Å²) in [6.07, 6.45) is 12.7. The largest absolute Gasteiger partial charge is 0.384 e. The lowest BCUT2D eigenvalue weighted by molar-refractivity contribution is -0.126. The molecule has 3 atom stereocenters. The number of piperidine rings is 1. The van der Waals surface area contributed by atoms with E-state index in [1.54, 1.807) is 4.90 Å². The lowest BCUT2D eigenvalue weighted by Crippen LogP contribution is -2.49. The molecule has 35 heavy (non-hydrogen) atoms. The average Bonchev–Trinajstić information content (AvgIpc) is 3.17. The molecule has 0 radical (unpaired) electrons. The lowest BCUT2D eigenvalue weighted by atomic mass is 9.79. The van der Waals surface area contributed by atoms with Crippen molar-refractivity contribution in [2.75, 3.05) is 13.7 Å². The zero-order valence-corrected chi connectivity index (χ0v) is 21.2. The first-order valence-electron chi connectivity index (χ1n) is 13.7. The number of ether oxygens (including phenoxy) is 1. The Hall–Kier alpha value is -2.18. The van der Waals surface area contributed by atoms with Crippen LogP contribution in [0.1, 0.15) is 85.7 Å². The van der Waals surface area contributed by atoms with Crippen molar-refractivity contribution in [1.29, 1.82) is 0 Å². The Morgan fingerprint density at radius 1 is 1.09 bits per heavy atom. The standard InChI is InChI=1S/C29H41N3O3/c1-19-7-14-27(28(33)30-19)32-17-23-16-21(10-13-25(23)29(32)34)15-22-5-3-4-6-26(22)31-24-11-8-20(9-12-24)18-35-2/h10,13,16,20,22,24,26-27,31H,1,3-9,11-12,14-15,17-18H2,2H3,(H,30,33)/t20?,22-,24?,26+,27?/m1/s1. The minimum Gasteiger partial charge on any atom is -0.384 e. The molecule has 1 saturated heterocycles. The summed E-state index contributed by atoms with van der Waals surface area (Å²) < 4.78 is 5.37. The summed E-state index contributed by atoms with van der Waals surface area (Å²) in [7, 11) is 1.81.